The molecule has 0 fully saturated rings. The van der Waals surface area contributed by atoms with Crippen molar-refractivity contribution in [3.8, 4) is 0 Å². The molecule has 1 aliphatic rings. The second kappa shape index (κ2) is 6.29. The van der Waals surface area contributed by atoms with Gasteiger partial charge in [0.15, 0.2) is 11.0 Å². The van der Waals surface area contributed by atoms with Crippen LogP contribution in [0.3, 0.4) is 0 Å². The van der Waals surface area contributed by atoms with Crippen LogP contribution in [0.5, 0.6) is 0 Å². The summed E-state index contributed by atoms with van der Waals surface area (Å²) in [5.41, 5.74) is 1.72. The molecule has 0 spiro atoms. The Labute approximate surface area is 146 Å². The Hall–Kier alpha value is -1.73. The zero-order valence-electron chi connectivity index (χ0n) is 14.9. The Morgan fingerprint density at radius 3 is 2.79 bits per heavy atom. The zero-order valence-corrected chi connectivity index (χ0v) is 15.7. The van der Waals surface area contributed by atoms with Crippen LogP contribution in [0.2, 0.25) is 0 Å². The van der Waals surface area contributed by atoms with E-state index < -0.39 is 0 Å². The van der Waals surface area contributed by atoms with Crippen LogP contribution in [0.15, 0.2) is 4.42 Å². The number of thiazole rings is 1. The van der Waals surface area contributed by atoms with Crippen molar-refractivity contribution in [2.24, 2.45) is 0 Å². The predicted octanol–water partition coefficient (Wildman–Crippen LogP) is 2.91. The lowest BCUT2D eigenvalue weighted by atomic mass is 9.97. The van der Waals surface area contributed by atoms with Gasteiger partial charge >= 0.3 is 0 Å². The predicted molar refractivity (Wildman–Crippen MR) is 94.4 cm³/mol. The van der Waals surface area contributed by atoms with Gasteiger partial charge in [0.2, 0.25) is 5.91 Å². The molecule has 24 heavy (non-hydrogen) atoms. The standard InChI is InChI=1S/C17H24N4O2S/c1-10-12(23-15(18-10)17(2,3)4)8-14(22)20-16-19-11-6-7-21(5)9-13(11)24-16/h6-9H2,1-5H3,(H,19,20,22). The third-order valence-corrected chi connectivity index (χ3v) is 5.02. The van der Waals surface area contributed by atoms with Crippen LogP contribution >= 0.6 is 11.3 Å². The van der Waals surface area contributed by atoms with Crippen LogP contribution in [0.1, 0.15) is 48.7 Å². The van der Waals surface area contributed by atoms with E-state index in [0.717, 1.165) is 30.9 Å². The summed E-state index contributed by atoms with van der Waals surface area (Å²) in [6.45, 7) is 9.91. The molecule has 7 heteroatoms. The highest BCUT2D eigenvalue weighted by atomic mass is 32.1. The van der Waals surface area contributed by atoms with Gasteiger partial charge in [0.05, 0.1) is 17.8 Å². The number of aryl methyl sites for hydroxylation is 1. The SMILES string of the molecule is Cc1nc(C(C)(C)C)oc1CC(=O)Nc1nc2c(s1)CN(C)CC2. The van der Waals surface area contributed by atoms with E-state index in [-0.39, 0.29) is 17.7 Å². The Kier molecular flexibility index (Phi) is 4.48. The molecule has 0 radical (unpaired) electrons. The summed E-state index contributed by atoms with van der Waals surface area (Å²) in [6.07, 6.45) is 1.12. The van der Waals surface area contributed by atoms with Gasteiger partial charge in [0, 0.05) is 29.8 Å². The first-order chi connectivity index (χ1) is 11.2. The number of fused-ring (bicyclic) bond motifs is 1. The highest BCUT2D eigenvalue weighted by molar-refractivity contribution is 7.15. The monoisotopic (exact) mass is 348 g/mol. The number of likely N-dealkylation sites (N-methyl/N-ethyl adjacent to an activating group) is 1. The average molecular weight is 348 g/mol. The van der Waals surface area contributed by atoms with Crippen LogP contribution in [-0.4, -0.2) is 34.4 Å². The number of nitrogens with one attached hydrogen (secondary N) is 1. The molecule has 0 atom stereocenters. The fraction of sp³-hybridized carbons (Fsp3) is 0.588. The first-order valence-corrected chi connectivity index (χ1v) is 8.98. The Morgan fingerprint density at radius 1 is 1.38 bits per heavy atom. The molecular formula is C17H24N4O2S. The molecule has 0 unspecified atom stereocenters. The first-order valence-electron chi connectivity index (χ1n) is 8.16. The van der Waals surface area contributed by atoms with Gasteiger partial charge in [-0.15, -0.1) is 11.3 Å². The number of amides is 1. The van der Waals surface area contributed by atoms with Crippen molar-refractivity contribution in [2.45, 2.75) is 52.5 Å². The Balaban J connectivity index is 1.67. The third-order valence-electron chi connectivity index (χ3n) is 4.02. The van der Waals surface area contributed by atoms with Crippen molar-refractivity contribution in [2.75, 3.05) is 18.9 Å². The largest absolute Gasteiger partial charge is 0.444 e. The average Bonchev–Trinajstić information content (AvgIpc) is 3.01. The van der Waals surface area contributed by atoms with E-state index >= 15 is 0 Å². The minimum Gasteiger partial charge on any atom is -0.444 e. The van der Waals surface area contributed by atoms with E-state index in [1.54, 1.807) is 11.3 Å². The maximum atomic E-state index is 12.3. The van der Waals surface area contributed by atoms with Crippen LogP contribution in [0.4, 0.5) is 5.13 Å². The van der Waals surface area contributed by atoms with Gasteiger partial charge in [0.1, 0.15) is 5.76 Å². The van der Waals surface area contributed by atoms with E-state index in [2.05, 4.69) is 27.2 Å². The maximum absolute atomic E-state index is 12.3. The van der Waals surface area contributed by atoms with Crippen molar-refractivity contribution in [1.29, 1.82) is 0 Å². The summed E-state index contributed by atoms with van der Waals surface area (Å²) in [6, 6.07) is 0. The number of anilines is 1. The molecule has 2 aromatic heterocycles. The molecule has 6 nitrogen and oxygen atoms in total. The lowest BCUT2D eigenvalue weighted by molar-refractivity contribution is -0.115. The quantitative estimate of drug-likeness (QED) is 0.923. The maximum Gasteiger partial charge on any atom is 0.233 e. The van der Waals surface area contributed by atoms with Gasteiger partial charge in [-0.05, 0) is 14.0 Å². The number of aromatic nitrogens is 2. The van der Waals surface area contributed by atoms with Crippen LogP contribution < -0.4 is 5.32 Å². The fourth-order valence-electron chi connectivity index (χ4n) is 2.60. The molecule has 0 aliphatic carbocycles. The number of nitrogens with zero attached hydrogens (tertiary/aromatic N) is 3. The fourth-order valence-corrected chi connectivity index (χ4v) is 3.70. The van der Waals surface area contributed by atoms with E-state index in [1.165, 1.54) is 4.88 Å². The smallest absolute Gasteiger partial charge is 0.233 e. The summed E-state index contributed by atoms with van der Waals surface area (Å²) in [7, 11) is 2.10. The highest BCUT2D eigenvalue weighted by Gasteiger charge is 2.24. The van der Waals surface area contributed by atoms with Crippen LogP contribution in [0, 0.1) is 6.92 Å². The van der Waals surface area contributed by atoms with Crippen LogP contribution in [-0.2, 0) is 29.6 Å². The molecule has 2 aromatic rings. The third kappa shape index (κ3) is 3.67. The molecule has 3 rings (SSSR count). The number of carbonyl (C=O) groups is 1. The summed E-state index contributed by atoms with van der Waals surface area (Å²) in [5.74, 6) is 1.17. The molecular weight excluding hydrogens is 324 g/mol. The minimum absolute atomic E-state index is 0.117. The highest BCUT2D eigenvalue weighted by Crippen LogP contribution is 2.28. The summed E-state index contributed by atoms with van der Waals surface area (Å²) < 4.78 is 5.79. The Bertz CT molecular complexity index is 757. The number of carbonyl (C=O) groups excluding carboxylic acids is 1. The molecule has 0 bridgehead atoms. The van der Waals surface area contributed by atoms with Crippen molar-refractivity contribution in [1.82, 2.24) is 14.9 Å². The number of oxazole rings is 1. The van der Waals surface area contributed by atoms with E-state index in [0.29, 0.717) is 16.8 Å². The van der Waals surface area contributed by atoms with Gasteiger partial charge in [-0.3, -0.25) is 4.79 Å². The second-order valence-corrected chi connectivity index (χ2v) is 8.46. The molecule has 1 N–H and O–H groups in total. The van der Waals surface area contributed by atoms with Gasteiger partial charge < -0.3 is 14.6 Å². The molecule has 0 saturated heterocycles. The van der Waals surface area contributed by atoms with E-state index in [9.17, 15) is 4.79 Å². The van der Waals surface area contributed by atoms with Crippen LogP contribution in [0.25, 0.3) is 0 Å². The van der Waals surface area contributed by atoms with Gasteiger partial charge in [-0.2, -0.15) is 0 Å². The molecule has 3 heterocycles. The van der Waals surface area contributed by atoms with Crippen molar-refractivity contribution in [3.05, 3.63) is 27.9 Å². The summed E-state index contributed by atoms with van der Waals surface area (Å²) in [5, 5.41) is 3.57. The van der Waals surface area contributed by atoms with Gasteiger partial charge in [0.25, 0.3) is 0 Å². The lowest BCUT2D eigenvalue weighted by Gasteiger charge is -2.20. The topological polar surface area (TPSA) is 71.3 Å². The number of hydrogen-bond acceptors (Lipinski definition) is 6. The Morgan fingerprint density at radius 2 is 2.12 bits per heavy atom. The van der Waals surface area contributed by atoms with Crippen molar-refractivity contribution in [3.63, 3.8) is 0 Å². The molecule has 1 amide bonds. The normalized spacial score (nSPS) is 15.4. The number of rotatable bonds is 3. The van der Waals surface area contributed by atoms with E-state index in [1.807, 2.05) is 27.7 Å². The van der Waals surface area contributed by atoms with E-state index in [4.69, 9.17) is 4.42 Å². The van der Waals surface area contributed by atoms with Gasteiger partial charge in [-0.1, -0.05) is 20.8 Å². The van der Waals surface area contributed by atoms with Gasteiger partial charge in [-0.25, -0.2) is 9.97 Å². The first kappa shape index (κ1) is 17.1. The summed E-state index contributed by atoms with van der Waals surface area (Å²) in [4.78, 5) is 24.8. The zero-order chi connectivity index (χ0) is 17.5. The number of hydrogen-bond donors (Lipinski definition) is 1. The lowest BCUT2D eigenvalue weighted by Crippen LogP contribution is -2.25. The summed E-state index contributed by atoms with van der Waals surface area (Å²) >= 11 is 1.56. The minimum atomic E-state index is -0.167. The molecule has 0 saturated carbocycles. The van der Waals surface area contributed by atoms with Crippen molar-refractivity contribution >= 4 is 22.4 Å². The molecule has 1 aliphatic heterocycles. The molecule has 0 aromatic carbocycles. The second-order valence-electron chi connectivity index (χ2n) is 7.38. The van der Waals surface area contributed by atoms with Crippen molar-refractivity contribution < 1.29 is 9.21 Å². The molecule has 130 valence electrons.